The molecule has 1 heterocycles. The van der Waals surface area contributed by atoms with Crippen LogP contribution in [0.25, 0.3) is 21.7 Å². The third-order valence-corrected chi connectivity index (χ3v) is 4.48. The maximum Gasteiger partial charge on any atom is 0.252 e. The molecule has 0 radical (unpaired) electrons. The van der Waals surface area contributed by atoms with Crippen LogP contribution < -0.4 is 5.32 Å². The number of nitrogens with one attached hydrogen (secondary N) is 2. The van der Waals surface area contributed by atoms with E-state index in [2.05, 4.69) is 34.6 Å². The summed E-state index contributed by atoms with van der Waals surface area (Å²) in [7, 11) is 0. The molecule has 0 fully saturated rings. The van der Waals surface area contributed by atoms with E-state index >= 15 is 0 Å². The molecule has 0 aliphatic carbocycles. The Labute approximate surface area is 140 Å². The van der Waals surface area contributed by atoms with E-state index in [1.807, 2.05) is 55.6 Å². The number of amides is 1. The van der Waals surface area contributed by atoms with E-state index in [9.17, 15) is 4.79 Å². The standard InChI is InChI=1S/C21H18N2O/c1-14(16-9-4-7-15-6-2-3-8-17(15)16)23-21(24)19-10-5-11-20-18(19)12-13-22-20/h2-14,22H,1H3,(H,23,24)/t14-/m1/s1. The fourth-order valence-corrected chi connectivity index (χ4v) is 3.26. The summed E-state index contributed by atoms with van der Waals surface area (Å²) in [4.78, 5) is 15.9. The molecular formula is C21H18N2O. The number of carbonyl (C=O) groups is 1. The molecule has 24 heavy (non-hydrogen) atoms. The SMILES string of the molecule is C[C@@H](NC(=O)c1cccc2[nH]ccc12)c1cccc2ccccc12. The molecule has 1 atom stereocenters. The molecule has 118 valence electrons. The molecule has 0 unspecified atom stereocenters. The Kier molecular flexibility index (Phi) is 3.54. The number of aromatic amines is 1. The van der Waals surface area contributed by atoms with Crippen LogP contribution in [-0.2, 0) is 0 Å². The van der Waals surface area contributed by atoms with Crippen molar-refractivity contribution in [1.29, 1.82) is 0 Å². The molecule has 4 aromatic rings. The van der Waals surface area contributed by atoms with Crippen molar-refractivity contribution in [3.05, 3.63) is 84.1 Å². The Morgan fingerprint density at radius 1 is 0.917 bits per heavy atom. The van der Waals surface area contributed by atoms with Gasteiger partial charge in [-0.15, -0.1) is 0 Å². The zero-order valence-corrected chi connectivity index (χ0v) is 13.4. The topological polar surface area (TPSA) is 44.9 Å². The summed E-state index contributed by atoms with van der Waals surface area (Å²) in [5.41, 5.74) is 2.80. The van der Waals surface area contributed by atoms with Gasteiger partial charge < -0.3 is 10.3 Å². The maximum absolute atomic E-state index is 12.8. The molecule has 3 heteroatoms. The average Bonchev–Trinajstić information content (AvgIpc) is 3.09. The second kappa shape index (κ2) is 5.85. The molecule has 0 bridgehead atoms. The van der Waals surface area contributed by atoms with Gasteiger partial charge in [0.1, 0.15) is 0 Å². The first-order chi connectivity index (χ1) is 11.7. The Bertz CT molecular complexity index is 1030. The van der Waals surface area contributed by atoms with Gasteiger partial charge >= 0.3 is 0 Å². The van der Waals surface area contributed by atoms with E-state index in [0.29, 0.717) is 5.56 Å². The molecule has 0 saturated carbocycles. The molecule has 1 amide bonds. The minimum Gasteiger partial charge on any atom is -0.361 e. The highest BCUT2D eigenvalue weighted by molar-refractivity contribution is 6.06. The molecule has 0 spiro atoms. The van der Waals surface area contributed by atoms with E-state index < -0.39 is 0 Å². The van der Waals surface area contributed by atoms with Crippen molar-refractivity contribution < 1.29 is 4.79 Å². The zero-order valence-electron chi connectivity index (χ0n) is 13.4. The van der Waals surface area contributed by atoms with Crippen molar-refractivity contribution in [3.63, 3.8) is 0 Å². The molecule has 3 nitrogen and oxygen atoms in total. The van der Waals surface area contributed by atoms with Crippen LogP contribution >= 0.6 is 0 Å². The number of H-pyrrole nitrogens is 1. The maximum atomic E-state index is 12.8. The molecular weight excluding hydrogens is 296 g/mol. The zero-order chi connectivity index (χ0) is 16.5. The third kappa shape index (κ3) is 2.44. The normalized spacial score (nSPS) is 12.4. The lowest BCUT2D eigenvalue weighted by Crippen LogP contribution is -2.26. The van der Waals surface area contributed by atoms with Crippen LogP contribution in [0, 0.1) is 0 Å². The van der Waals surface area contributed by atoms with Gasteiger partial charge in [-0.2, -0.15) is 0 Å². The Hall–Kier alpha value is -3.07. The van der Waals surface area contributed by atoms with Crippen LogP contribution in [0.3, 0.4) is 0 Å². The third-order valence-electron chi connectivity index (χ3n) is 4.48. The summed E-state index contributed by atoms with van der Waals surface area (Å²) >= 11 is 0. The molecule has 3 aromatic carbocycles. The molecule has 1 aromatic heterocycles. The average molecular weight is 314 g/mol. The minimum atomic E-state index is -0.0715. The Balaban J connectivity index is 1.67. The summed E-state index contributed by atoms with van der Waals surface area (Å²) in [6.45, 7) is 2.02. The predicted molar refractivity (Wildman–Crippen MR) is 98.1 cm³/mol. The summed E-state index contributed by atoms with van der Waals surface area (Å²) < 4.78 is 0. The van der Waals surface area contributed by atoms with Crippen molar-refractivity contribution in [3.8, 4) is 0 Å². The van der Waals surface area contributed by atoms with Crippen molar-refractivity contribution in [1.82, 2.24) is 10.3 Å². The van der Waals surface area contributed by atoms with Crippen LogP contribution in [0.4, 0.5) is 0 Å². The van der Waals surface area contributed by atoms with E-state index in [1.165, 1.54) is 10.8 Å². The van der Waals surface area contributed by atoms with E-state index in [-0.39, 0.29) is 11.9 Å². The predicted octanol–water partition coefficient (Wildman–Crippen LogP) is 4.81. The van der Waals surface area contributed by atoms with Crippen molar-refractivity contribution >= 4 is 27.6 Å². The summed E-state index contributed by atoms with van der Waals surface area (Å²) in [5, 5.41) is 6.44. The number of aromatic nitrogens is 1. The van der Waals surface area contributed by atoms with Gasteiger partial charge in [0.2, 0.25) is 0 Å². The van der Waals surface area contributed by atoms with Crippen LogP contribution in [0.5, 0.6) is 0 Å². The van der Waals surface area contributed by atoms with Gasteiger partial charge in [0.25, 0.3) is 5.91 Å². The second-order valence-corrected chi connectivity index (χ2v) is 6.01. The smallest absolute Gasteiger partial charge is 0.252 e. The number of hydrogen-bond acceptors (Lipinski definition) is 1. The highest BCUT2D eigenvalue weighted by Gasteiger charge is 2.15. The van der Waals surface area contributed by atoms with Gasteiger partial charge in [0.05, 0.1) is 6.04 Å². The Morgan fingerprint density at radius 3 is 2.62 bits per heavy atom. The van der Waals surface area contributed by atoms with Crippen LogP contribution in [0.1, 0.15) is 28.9 Å². The van der Waals surface area contributed by atoms with Gasteiger partial charge in [-0.25, -0.2) is 0 Å². The van der Waals surface area contributed by atoms with Gasteiger partial charge in [-0.05, 0) is 41.5 Å². The van der Waals surface area contributed by atoms with Crippen molar-refractivity contribution in [2.75, 3.05) is 0 Å². The van der Waals surface area contributed by atoms with E-state index in [4.69, 9.17) is 0 Å². The molecule has 0 aliphatic rings. The lowest BCUT2D eigenvalue weighted by Gasteiger charge is -2.17. The van der Waals surface area contributed by atoms with Crippen molar-refractivity contribution in [2.24, 2.45) is 0 Å². The summed E-state index contributed by atoms with van der Waals surface area (Å²) in [6.07, 6.45) is 1.86. The largest absolute Gasteiger partial charge is 0.361 e. The molecule has 4 rings (SSSR count). The van der Waals surface area contributed by atoms with E-state index in [0.717, 1.165) is 16.5 Å². The quantitative estimate of drug-likeness (QED) is 0.560. The summed E-state index contributed by atoms with van der Waals surface area (Å²) in [6, 6.07) is 22.0. The van der Waals surface area contributed by atoms with Crippen molar-refractivity contribution in [2.45, 2.75) is 13.0 Å². The van der Waals surface area contributed by atoms with Crippen LogP contribution in [0.2, 0.25) is 0 Å². The highest BCUT2D eigenvalue weighted by atomic mass is 16.1. The first kappa shape index (κ1) is 14.5. The molecule has 0 aliphatic heterocycles. The van der Waals surface area contributed by atoms with Crippen LogP contribution in [-0.4, -0.2) is 10.9 Å². The van der Waals surface area contributed by atoms with Gasteiger partial charge in [0, 0.05) is 22.7 Å². The molecule has 0 saturated heterocycles. The first-order valence-corrected chi connectivity index (χ1v) is 8.08. The lowest BCUT2D eigenvalue weighted by atomic mass is 9.99. The van der Waals surface area contributed by atoms with Gasteiger partial charge in [0.15, 0.2) is 0 Å². The number of carbonyl (C=O) groups excluding carboxylic acids is 1. The number of fused-ring (bicyclic) bond motifs is 2. The van der Waals surface area contributed by atoms with Gasteiger partial charge in [-0.1, -0.05) is 48.5 Å². The minimum absolute atomic E-state index is 0.0550. The number of hydrogen-bond donors (Lipinski definition) is 2. The summed E-state index contributed by atoms with van der Waals surface area (Å²) in [5.74, 6) is -0.0550. The Morgan fingerprint density at radius 2 is 1.71 bits per heavy atom. The first-order valence-electron chi connectivity index (χ1n) is 8.08. The highest BCUT2D eigenvalue weighted by Crippen LogP contribution is 2.25. The van der Waals surface area contributed by atoms with Gasteiger partial charge in [-0.3, -0.25) is 4.79 Å². The fraction of sp³-hybridized carbons (Fsp3) is 0.0952. The fourth-order valence-electron chi connectivity index (χ4n) is 3.26. The second-order valence-electron chi connectivity index (χ2n) is 6.01. The number of rotatable bonds is 3. The number of benzene rings is 3. The lowest BCUT2D eigenvalue weighted by molar-refractivity contribution is 0.0942. The van der Waals surface area contributed by atoms with E-state index in [1.54, 1.807) is 0 Å². The molecule has 2 N–H and O–H groups in total. The van der Waals surface area contributed by atoms with Crippen LogP contribution in [0.15, 0.2) is 72.9 Å². The monoisotopic (exact) mass is 314 g/mol.